The van der Waals surface area contributed by atoms with E-state index in [-0.39, 0.29) is 0 Å². The minimum Gasteiger partial charge on any atom is -0.248 e. The molecule has 2 aromatic rings. The minimum atomic E-state index is 0.725. The highest BCUT2D eigenvalue weighted by Crippen LogP contribution is 2.18. The fourth-order valence-corrected chi connectivity index (χ4v) is 1.54. The fraction of sp³-hybridized carbons (Fsp3) is 0.0833. The Labute approximate surface area is 88.0 Å². The van der Waals surface area contributed by atoms with Crippen molar-refractivity contribution in [2.24, 2.45) is 0 Å². The molecule has 14 heavy (non-hydrogen) atoms. The van der Waals surface area contributed by atoms with E-state index in [4.69, 9.17) is 11.6 Å². The first kappa shape index (κ1) is 9.22. The Kier molecular flexibility index (Phi) is 2.51. The van der Waals surface area contributed by atoms with Crippen molar-refractivity contribution >= 4 is 28.6 Å². The molecule has 0 atom stereocenters. The molecular weight excluding hydrogens is 194 g/mol. The summed E-state index contributed by atoms with van der Waals surface area (Å²) in [6, 6.07) is 9.78. The molecule has 0 bridgehead atoms. The maximum Gasteiger partial charge on any atom is 0.0724 e. The predicted octanol–water partition coefficient (Wildman–Crippen LogP) is 3.92. The highest BCUT2D eigenvalue weighted by molar-refractivity contribution is 6.31. The topological polar surface area (TPSA) is 12.9 Å². The molecule has 0 amide bonds. The molecule has 0 fully saturated rings. The van der Waals surface area contributed by atoms with E-state index >= 15 is 0 Å². The summed E-state index contributed by atoms with van der Waals surface area (Å²) in [6.45, 7) is 1.98. The van der Waals surface area contributed by atoms with E-state index in [2.05, 4.69) is 4.98 Å². The predicted molar refractivity (Wildman–Crippen MR) is 61.5 cm³/mol. The van der Waals surface area contributed by atoms with Gasteiger partial charge in [-0.1, -0.05) is 29.8 Å². The van der Waals surface area contributed by atoms with E-state index in [0.717, 1.165) is 21.6 Å². The Morgan fingerprint density at radius 3 is 2.79 bits per heavy atom. The SMILES string of the molecule is CC=Cc1ccc2ccc(Cl)cc2n1. The summed E-state index contributed by atoms with van der Waals surface area (Å²) < 4.78 is 0. The number of allylic oxidation sites excluding steroid dienone is 1. The zero-order valence-electron chi connectivity index (χ0n) is 7.87. The van der Waals surface area contributed by atoms with Crippen LogP contribution in [0.5, 0.6) is 0 Å². The minimum absolute atomic E-state index is 0.725. The average molecular weight is 204 g/mol. The van der Waals surface area contributed by atoms with Crippen molar-refractivity contribution in [3.8, 4) is 0 Å². The molecule has 1 aromatic carbocycles. The lowest BCUT2D eigenvalue weighted by Gasteiger charge is -1.99. The number of fused-ring (bicyclic) bond motifs is 1. The summed E-state index contributed by atoms with van der Waals surface area (Å²) in [5, 5.41) is 1.84. The molecule has 0 aliphatic carbocycles. The van der Waals surface area contributed by atoms with Crippen LogP contribution in [-0.2, 0) is 0 Å². The van der Waals surface area contributed by atoms with Crippen molar-refractivity contribution in [3.63, 3.8) is 0 Å². The first-order chi connectivity index (χ1) is 6.79. The zero-order valence-corrected chi connectivity index (χ0v) is 8.62. The Morgan fingerprint density at radius 2 is 2.00 bits per heavy atom. The van der Waals surface area contributed by atoms with E-state index in [1.165, 1.54) is 0 Å². The second kappa shape index (κ2) is 3.81. The molecule has 2 heteroatoms. The quantitative estimate of drug-likeness (QED) is 0.685. The molecule has 0 radical (unpaired) electrons. The van der Waals surface area contributed by atoms with Gasteiger partial charge in [-0.3, -0.25) is 0 Å². The Hall–Kier alpha value is -1.34. The summed E-state index contributed by atoms with van der Waals surface area (Å²) in [7, 11) is 0. The van der Waals surface area contributed by atoms with Crippen LogP contribution in [0.25, 0.3) is 17.0 Å². The number of rotatable bonds is 1. The van der Waals surface area contributed by atoms with Gasteiger partial charge < -0.3 is 0 Å². The number of hydrogen-bond acceptors (Lipinski definition) is 1. The summed E-state index contributed by atoms with van der Waals surface area (Å²) in [5.41, 5.74) is 1.90. The van der Waals surface area contributed by atoms with E-state index in [1.54, 1.807) is 0 Å². The van der Waals surface area contributed by atoms with Gasteiger partial charge in [0.2, 0.25) is 0 Å². The molecule has 2 rings (SSSR count). The fourth-order valence-electron chi connectivity index (χ4n) is 1.37. The molecule has 0 aliphatic heterocycles. The maximum absolute atomic E-state index is 5.89. The molecule has 1 nitrogen and oxygen atoms in total. The normalized spacial score (nSPS) is 11.3. The van der Waals surface area contributed by atoms with Gasteiger partial charge in [0.25, 0.3) is 0 Å². The van der Waals surface area contributed by atoms with Crippen LogP contribution in [-0.4, -0.2) is 4.98 Å². The van der Waals surface area contributed by atoms with Gasteiger partial charge in [0.1, 0.15) is 0 Å². The molecule has 0 saturated carbocycles. The third-order valence-corrected chi connectivity index (χ3v) is 2.25. The van der Waals surface area contributed by atoms with Gasteiger partial charge >= 0.3 is 0 Å². The number of hydrogen-bond donors (Lipinski definition) is 0. The van der Waals surface area contributed by atoms with Gasteiger partial charge in [-0.2, -0.15) is 0 Å². The molecule has 70 valence electrons. The monoisotopic (exact) mass is 203 g/mol. The van der Waals surface area contributed by atoms with E-state index in [1.807, 2.05) is 49.4 Å². The number of nitrogens with zero attached hydrogens (tertiary/aromatic N) is 1. The van der Waals surface area contributed by atoms with Gasteiger partial charge in [-0.25, -0.2) is 4.98 Å². The lowest BCUT2D eigenvalue weighted by Crippen LogP contribution is -1.82. The smallest absolute Gasteiger partial charge is 0.0724 e. The number of pyridine rings is 1. The van der Waals surface area contributed by atoms with Crippen LogP contribution < -0.4 is 0 Å². The van der Waals surface area contributed by atoms with Crippen molar-refractivity contribution in [1.29, 1.82) is 0 Å². The lowest BCUT2D eigenvalue weighted by molar-refractivity contribution is 1.37. The summed E-state index contributed by atoms with van der Waals surface area (Å²) in [6.07, 6.45) is 3.94. The van der Waals surface area contributed by atoms with Crippen LogP contribution in [0.3, 0.4) is 0 Å². The van der Waals surface area contributed by atoms with Gasteiger partial charge in [-0.15, -0.1) is 0 Å². The molecule has 0 unspecified atom stereocenters. The van der Waals surface area contributed by atoms with Crippen LogP contribution >= 0.6 is 11.6 Å². The number of aromatic nitrogens is 1. The number of benzene rings is 1. The first-order valence-electron chi connectivity index (χ1n) is 4.48. The largest absolute Gasteiger partial charge is 0.248 e. The molecular formula is C12H10ClN. The summed E-state index contributed by atoms with van der Waals surface area (Å²) in [5.74, 6) is 0. The molecule has 0 spiro atoms. The van der Waals surface area contributed by atoms with Crippen molar-refractivity contribution < 1.29 is 0 Å². The van der Waals surface area contributed by atoms with Gasteiger partial charge in [0.15, 0.2) is 0 Å². The van der Waals surface area contributed by atoms with Gasteiger partial charge in [0, 0.05) is 10.4 Å². The van der Waals surface area contributed by atoms with Crippen molar-refractivity contribution in [1.82, 2.24) is 4.98 Å². The lowest BCUT2D eigenvalue weighted by atomic mass is 10.2. The maximum atomic E-state index is 5.89. The first-order valence-corrected chi connectivity index (χ1v) is 4.86. The van der Waals surface area contributed by atoms with Crippen LogP contribution in [0, 0.1) is 0 Å². The molecule has 0 N–H and O–H groups in total. The highest BCUT2D eigenvalue weighted by Gasteiger charge is 1.96. The Bertz CT molecular complexity index is 489. The summed E-state index contributed by atoms with van der Waals surface area (Å²) in [4.78, 5) is 4.45. The van der Waals surface area contributed by atoms with Crippen LogP contribution in [0.1, 0.15) is 12.6 Å². The standard InChI is InChI=1S/C12H10ClN/c1-2-3-11-7-5-9-4-6-10(13)8-12(9)14-11/h2-8H,1H3. The highest BCUT2D eigenvalue weighted by atomic mass is 35.5. The molecule has 0 aliphatic rings. The van der Waals surface area contributed by atoms with Crippen LogP contribution in [0.2, 0.25) is 5.02 Å². The van der Waals surface area contributed by atoms with E-state index in [0.29, 0.717) is 0 Å². The molecule has 1 heterocycles. The van der Waals surface area contributed by atoms with Crippen LogP contribution in [0.4, 0.5) is 0 Å². The van der Waals surface area contributed by atoms with Gasteiger partial charge in [0.05, 0.1) is 11.2 Å². The van der Waals surface area contributed by atoms with Crippen molar-refractivity contribution in [2.45, 2.75) is 6.92 Å². The molecule has 1 aromatic heterocycles. The average Bonchev–Trinajstić information content (AvgIpc) is 2.17. The van der Waals surface area contributed by atoms with E-state index < -0.39 is 0 Å². The van der Waals surface area contributed by atoms with Gasteiger partial charge in [-0.05, 0) is 31.2 Å². The third kappa shape index (κ3) is 1.78. The van der Waals surface area contributed by atoms with Crippen molar-refractivity contribution in [2.75, 3.05) is 0 Å². The zero-order chi connectivity index (χ0) is 9.97. The third-order valence-electron chi connectivity index (χ3n) is 2.01. The number of halogens is 1. The molecule has 0 saturated heterocycles. The van der Waals surface area contributed by atoms with Crippen molar-refractivity contribution in [3.05, 3.63) is 47.1 Å². The van der Waals surface area contributed by atoms with Crippen LogP contribution in [0.15, 0.2) is 36.4 Å². The Balaban J connectivity index is 2.63. The Morgan fingerprint density at radius 1 is 1.21 bits per heavy atom. The second-order valence-corrected chi connectivity index (χ2v) is 3.51. The summed E-state index contributed by atoms with van der Waals surface area (Å²) >= 11 is 5.89. The van der Waals surface area contributed by atoms with E-state index in [9.17, 15) is 0 Å². The second-order valence-electron chi connectivity index (χ2n) is 3.07.